The van der Waals surface area contributed by atoms with E-state index >= 15 is 0 Å². The van der Waals surface area contributed by atoms with E-state index in [1.54, 1.807) is 16.8 Å². The van der Waals surface area contributed by atoms with Crippen molar-refractivity contribution in [2.75, 3.05) is 13.2 Å². The van der Waals surface area contributed by atoms with Gasteiger partial charge in [-0.15, -0.1) is 5.10 Å². The van der Waals surface area contributed by atoms with Gasteiger partial charge in [-0.1, -0.05) is 12.1 Å². The Hall–Kier alpha value is -2.81. The Balaban J connectivity index is 1.61. The molecule has 2 aromatic rings. The molecule has 9 nitrogen and oxygen atoms in total. The average molecular weight is 345 g/mol. The number of amides is 1. The number of carboxylic acid groups (broad SMARTS) is 1. The van der Waals surface area contributed by atoms with Gasteiger partial charge in [-0.25, -0.2) is 9.48 Å². The van der Waals surface area contributed by atoms with Crippen molar-refractivity contribution in [2.24, 2.45) is 0 Å². The van der Waals surface area contributed by atoms with E-state index in [4.69, 9.17) is 9.84 Å². The summed E-state index contributed by atoms with van der Waals surface area (Å²) in [5, 5.41) is 23.1. The average Bonchev–Trinajstić information content (AvgIpc) is 3.16. The monoisotopic (exact) mass is 345 g/mol. The number of carbonyl (C=O) groups excluding carboxylic acids is 1. The van der Waals surface area contributed by atoms with E-state index in [0.717, 1.165) is 5.56 Å². The molecular weight excluding hydrogens is 326 g/mol. The summed E-state index contributed by atoms with van der Waals surface area (Å²) < 4.78 is 7.05. The lowest BCUT2D eigenvalue weighted by Gasteiger charge is -2.36. The molecule has 9 heteroatoms. The Morgan fingerprint density at radius 2 is 1.96 bits per heavy atom. The highest BCUT2D eigenvalue weighted by atomic mass is 16.5. The van der Waals surface area contributed by atoms with Crippen molar-refractivity contribution < 1.29 is 19.4 Å². The van der Waals surface area contributed by atoms with Gasteiger partial charge in [0.2, 0.25) is 5.91 Å². The Kier molecular flexibility index (Phi) is 5.03. The zero-order chi connectivity index (χ0) is 17.7. The van der Waals surface area contributed by atoms with Gasteiger partial charge >= 0.3 is 5.97 Å². The SMILES string of the molecule is O=C(CC1(n2cnnn2)CCOCC1)NCc1ccc(C(=O)O)cc1. The van der Waals surface area contributed by atoms with Crippen LogP contribution in [0.1, 0.15) is 35.2 Å². The number of ether oxygens (including phenoxy) is 1. The molecule has 0 spiro atoms. The second kappa shape index (κ2) is 7.39. The van der Waals surface area contributed by atoms with E-state index in [0.29, 0.717) is 32.6 Å². The molecular formula is C16H19N5O4. The van der Waals surface area contributed by atoms with Crippen LogP contribution in [-0.2, 0) is 21.6 Å². The molecule has 25 heavy (non-hydrogen) atoms. The third-order valence-corrected chi connectivity index (χ3v) is 4.44. The van der Waals surface area contributed by atoms with Crippen molar-refractivity contribution in [3.63, 3.8) is 0 Å². The molecule has 2 N–H and O–H groups in total. The minimum atomic E-state index is -0.974. The first-order chi connectivity index (χ1) is 12.1. The topological polar surface area (TPSA) is 119 Å². The number of carboxylic acids is 1. The molecule has 0 bridgehead atoms. The second-order valence-corrected chi connectivity index (χ2v) is 6.05. The smallest absolute Gasteiger partial charge is 0.335 e. The normalized spacial score (nSPS) is 16.3. The third kappa shape index (κ3) is 4.00. The van der Waals surface area contributed by atoms with Crippen molar-refractivity contribution in [2.45, 2.75) is 31.3 Å². The van der Waals surface area contributed by atoms with Gasteiger partial charge in [0.1, 0.15) is 6.33 Å². The summed E-state index contributed by atoms with van der Waals surface area (Å²) in [7, 11) is 0. The first-order valence-corrected chi connectivity index (χ1v) is 7.99. The molecule has 1 saturated heterocycles. The lowest BCUT2D eigenvalue weighted by molar-refractivity contribution is -0.125. The van der Waals surface area contributed by atoms with Crippen molar-refractivity contribution in [1.29, 1.82) is 0 Å². The molecule has 1 aromatic carbocycles. The fourth-order valence-corrected chi connectivity index (χ4v) is 2.94. The number of nitrogens with one attached hydrogen (secondary N) is 1. The molecule has 2 heterocycles. The minimum Gasteiger partial charge on any atom is -0.478 e. The molecule has 0 radical (unpaired) electrons. The summed E-state index contributed by atoms with van der Waals surface area (Å²) in [5.41, 5.74) is 0.579. The van der Waals surface area contributed by atoms with Crippen LogP contribution in [0.5, 0.6) is 0 Å². The molecule has 0 saturated carbocycles. The van der Waals surface area contributed by atoms with Crippen LogP contribution in [0.25, 0.3) is 0 Å². The molecule has 0 aliphatic carbocycles. The lowest BCUT2D eigenvalue weighted by atomic mass is 9.86. The number of hydrogen-bond acceptors (Lipinski definition) is 6. The van der Waals surface area contributed by atoms with Gasteiger partial charge < -0.3 is 15.2 Å². The van der Waals surface area contributed by atoms with Gasteiger partial charge in [0.25, 0.3) is 0 Å². The van der Waals surface area contributed by atoms with E-state index in [9.17, 15) is 9.59 Å². The number of hydrogen-bond donors (Lipinski definition) is 2. The Morgan fingerprint density at radius 1 is 1.24 bits per heavy atom. The fraction of sp³-hybridized carbons (Fsp3) is 0.438. The number of aromatic nitrogens is 4. The summed E-state index contributed by atoms with van der Waals surface area (Å²) in [6.07, 6.45) is 3.12. The summed E-state index contributed by atoms with van der Waals surface area (Å²) >= 11 is 0. The largest absolute Gasteiger partial charge is 0.478 e. The van der Waals surface area contributed by atoms with Crippen molar-refractivity contribution >= 4 is 11.9 Å². The van der Waals surface area contributed by atoms with Gasteiger partial charge in [-0.2, -0.15) is 0 Å². The maximum Gasteiger partial charge on any atom is 0.335 e. The van der Waals surface area contributed by atoms with Crippen molar-refractivity contribution in [1.82, 2.24) is 25.5 Å². The van der Waals surface area contributed by atoms with Gasteiger partial charge in [-0.3, -0.25) is 4.79 Å². The van der Waals surface area contributed by atoms with Crippen LogP contribution >= 0.6 is 0 Å². The van der Waals surface area contributed by atoms with Gasteiger partial charge in [0.05, 0.1) is 17.5 Å². The predicted octanol–water partition coefficient (Wildman–Crippen LogP) is 0.584. The van der Waals surface area contributed by atoms with Gasteiger partial charge in [0, 0.05) is 19.8 Å². The highest BCUT2D eigenvalue weighted by Crippen LogP contribution is 2.31. The van der Waals surface area contributed by atoms with Crippen LogP contribution in [0.3, 0.4) is 0 Å². The maximum absolute atomic E-state index is 12.4. The van der Waals surface area contributed by atoms with Crippen LogP contribution in [0.2, 0.25) is 0 Å². The van der Waals surface area contributed by atoms with E-state index < -0.39 is 11.5 Å². The first kappa shape index (κ1) is 17.0. The summed E-state index contributed by atoms with van der Waals surface area (Å²) in [4.78, 5) is 23.3. The highest BCUT2D eigenvalue weighted by Gasteiger charge is 2.37. The lowest BCUT2D eigenvalue weighted by Crippen LogP contribution is -2.44. The molecule has 1 aromatic heterocycles. The Labute approximate surface area is 144 Å². The molecule has 1 aliphatic rings. The molecule has 3 rings (SSSR count). The fourth-order valence-electron chi connectivity index (χ4n) is 2.94. The number of aromatic carboxylic acids is 1. The first-order valence-electron chi connectivity index (χ1n) is 7.99. The maximum atomic E-state index is 12.4. The van der Waals surface area contributed by atoms with Crippen LogP contribution < -0.4 is 5.32 Å². The molecule has 0 atom stereocenters. The highest BCUT2D eigenvalue weighted by molar-refractivity contribution is 5.87. The van der Waals surface area contributed by atoms with Crippen LogP contribution in [-0.4, -0.2) is 50.4 Å². The summed E-state index contributed by atoms with van der Waals surface area (Å²) in [6.45, 7) is 1.45. The van der Waals surface area contributed by atoms with E-state index in [1.165, 1.54) is 18.5 Å². The molecule has 1 aliphatic heterocycles. The second-order valence-electron chi connectivity index (χ2n) is 6.05. The Morgan fingerprint density at radius 3 is 2.56 bits per heavy atom. The molecule has 1 fully saturated rings. The number of rotatable bonds is 6. The molecule has 0 unspecified atom stereocenters. The standard InChI is InChI=1S/C16H19N5O4/c22-14(17-10-12-1-3-13(4-2-12)15(23)24)9-16(5-7-25-8-6-16)21-11-18-19-20-21/h1-4,11H,5-10H2,(H,17,22)(H,23,24). The number of carbonyl (C=O) groups is 2. The third-order valence-electron chi connectivity index (χ3n) is 4.44. The number of nitrogens with zero attached hydrogens (tertiary/aromatic N) is 4. The van der Waals surface area contributed by atoms with Crippen LogP contribution in [0, 0.1) is 0 Å². The van der Waals surface area contributed by atoms with Crippen LogP contribution in [0.4, 0.5) is 0 Å². The summed E-state index contributed by atoms with van der Waals surface area (Å²) in [5.74, 6) is -1.09. The van der Waals surface area contributed by atoms with Crippen molar-refractivity contribution in [3.05, 3.63) is 41.7 Å². The van der Waals surface area contributed by atoms with E-state index in [2.05, 4.69) is 20.8 Å². The minimum absolute atomic E-state index is 0.111. The van der Waals surface area contributed by atoms with Gasteiger partial charge in [0.15, 0.2) is 0 Å². The summed E-state index contributed by atoms with van der Waals surface area (Å²) in [6, 6.07) is 6.42. The van der Waals surface area contributed by atoms with E-state index in [-0.39, 0.29) is 17.9 Å². The predicted molar refractivity (Wildman–Crippen MR) is 85.7 cm³/mol. The molecule has 132 valence electrons. The van der Waals surface area contributed by atoms with E-state index in [1.807, 2.05) is 0 Å². The zero-order valence-electron chi connectivity index (χ0n) is 13.6. The molecule has 1 amide bonds. The number of tetrazole rings is 1. The van der Waals surface area contributed by atoms with Crippen LogP contribution in [0.15, 0.2) is 30.6 Å². The zero-order valence-corrected chi connectivity index (χ0v) is 13.6. The Bertz CT molecular complexity index is 723. The quantitative estimate of drug-likeness (QED) is 0.786. The van der Waals surface area contributed by atoms with Gasteiger partial charge in [-0.05, 0) is 41.0 Å². The number of benzene rings is 1. The van der Waals surface area contributed by atoms with Crippen molar-refractivity contribution in [3.8, 4) is 0 Å².